The summed E-state index contributed by atoms with van der Waals surface area (Å²) in [5.74, 6) is 0.648. The van der Waals surface area contributed by atoms with Crippen molar-refractivity contribution in [1.29, 1.82) is 0 Å². The molecule has 102 valence electrons. The van der Waals surface area contributed by atoms with Gasteiger partial charge in [-0.1, -0.05) is 0 Å². The first-order chi connectivity index (χ1) is 9.29. The normalized spacial score (nSPS) is 10.6. The SMILES string of the molecule is NCCn1cnc(C(=O)NCCCc2ncn[nH]2)c1. The highest BCUT2D eigenvalue weighted by molar-refractivity contribution is 5.91. The van der Waals surface area contributed by atoms with Crippen molar-refractivity contribution in [3.05, 3.63) is 30.4 Å². The van der Waals surface area contributed by atoms with Gasteiger partial charge in [-0.3, -0.25) is 9.89 Å². The summed E-state index contributed by atoms with van der Waals surface area (Å²) in [5, 5.41) is 9.34. The van der Waals surface area contributed by atoms with Crippen LogP contribution in [0.15, 0.2) is 18.9 Å². The van der Waals surface area contributed by atoms with Crippen molar-refractivity contribution >= 4 is 5.91 Å². The fourth-order valence-corrected chi connectivity index (χ4v) is 1.65. The average Bonchev–Trinajstić information content (AvgIpc) is 3.06. The van der Waals surface area contributed by atoms with E-state index >= 15 is 0 Å². The highest BCUT2D eigenvalue weighted by Gasteiger charge is 2.08. The Morgan fingerprint density at radius 2 is 2.37 bits per heavy atom. The van der Waals surface area contributed by atoms with Gasteiger partial charge in [-0.2, -0.15) is 5.10 Å². The second-order valence-electron chi connectivity index (χ2n) is 4.08. The third-order valence-corrected chi connectivity index (χ3v) is 2.59. The van der Waals surface area contributed by atoms with Crippen molar-refractivity contribution < 1.29 is 4.79 Å². The summed E-state index contributed by atoms with van der Waals surface area (Å²) in [6.07, 6.45) is 6.32. The van der Waals surface area contributed by atoms with Gasteiger partial charge < -0.3 is 15.6 Å². The van der Waals surface area contributed by atoms with Crippen LogP contribution in [0, 0.1) is 0 Å². The third-order valence-electron chi connectivity index (χ3n) is 2.59. The van der Waals surface area contributed by atoms with Gasteiger partial charge in [-0.25, -0.2) is 9.97 Å². The van der Waals surface area contributed by atoms with E-state index in [-0.39, 0.29) is 5.91 Å². The van der Waals surface area contributed by atoms with E-state index in [0.29, 0.717) is 25.3 Å². The average molecular weight is 263 g/mol. The number of nitrogens with one attached hydrogen (secondary N) is 2. The van der Waals surface area contributed by atoms with Crippen LogP contribution in [0.1, 0.15) is 22.7 Å². The van der Waals surface area contributed by atoms with Gasteiger partial charge in [-0.05, 0) is 6.42 Å². The van der Waals surface area contributed by atoms with Crippen molar-refractivity contribution in [2.45, 2.75) is 19.4 Å². The van der Waals surface area contributed by atoms with Crippen molar-refractivity contribution in [2.24, 2.45) is 5.73 Å². The molecule has 2 aromatic heterocycles. The maximum absolute atomic E-state index is 11.8. The van der Waals surface area contributed by atoms with E-state index in [9.17, 15) is 4.79 Å². The lowest BCUT2D eigenvalue weighted by atomic mass is 10.3. The number of H-pyrrole nitrogens is 1. The number of aromatic nitrogens is 5. The second kappa shape index (κ2) is 6.64. The van der Waals surface area contributed by atoms with Gasteiger partial charge in [-0.15, -0.1) is 0 Å². The molecule has 2 heterocycles. The molecule has 1 amide bonds. The van der Waals surface area contributed by atoms with Crippen LogP contribution < -0.4 is 11.1 Å². The number of aryl methyl sites for hydroxylation is 1. The highest BCUT2D eigenvalue weighted by atomic mass is 16.1. The molecule has 19 heavy (non-hydrogen) atoms. The number of carbonyl (C=O) groups excluding carboxylic acids is 1. The summed E-state index contributed by atoms with van der Waals surface area (Å²) in [6, 6.07) is 0. The van der Waals surface area contributed by atoms with E-state index in [1.807, 2.05) is 0 Å². The van der Waals surface area contributed by atoms with Gasteiger partial charge in [0, 0.05) is 32.3 Å². The Morgan fingerprint density at radius 3 is 3.11 bits per heavy atom. The molecule has 0 radical (unpaired) electrons. The number of nitrogens with two attached hydrogens (primary N) is 1. The quantitative estimate of drug-likeness (QED) is 0.573. The summed E-state index contributed by atoms with van der Waals surface area (Å²) >= 11 is 0. The maximum Gasteiger partial charge on any atom is 0.271 e. The van der Waals surface area contributed by atoms with Crippen molar-refractivity contribution in [1.82, 2.24) is 30.0 Å². The fraction of sp³-hybridized carbons (Fsp3) is 0.455. The Kier molecular flexibility index (Phi) is 4.62. The number of rotatable bonds is 7. The summed E-state index contributed by atoms with van der Waals surface area (Å²) in [7, 11) is 0. The molecular weight excluding hydrogens is 246 g/mol. The molecular formula is C11H17N7O. The Morgan fingerprint density at radius 1 is 1.47 bits per heavy atom. The second-order valence-corrected chi connectivity index (χ2v) is 4.08. The van der Waals surface area contributed by atoms with Gasteiger partial charge in [0.25, 0.3) is 5.91 Å². The Hall–Kier alpha value is -2.22. The van der Waals surface area contributed by atoms with Crippen LogP contribution in [0.2, 0.25) is 0 Å². The predicted octanol–water partition coefficient (Wildman–Crippen LogP) is -0.677. The summed E-state index contributed by atoms with van der Waals surface area (Å²) < 4.78 is 1.80. The number of aromatic amines is 1. The Labute approximate surface area is 110 Å². The van der Waals surface area contributed by atoms with Crippen LogP contribution >= 0.6 is 0 Å². The molecule has 2 rings (SSSR count). The molecule has 2 aromatic rings. The molecule has 0 unspecified atom stereocenters. The van der Waals surface area contributed by atoms with Crippen LogP contribution in [-0.2, 0) is 13.0 Å². The number of hydrogen-bond donors (Lipinski definition) is 3. The van der Waals surface area contributed by atoms with Crippen LogP contribution in [0.25, 0.3) is 0 Å². The van der Waals surface area contributed by atoms with Gasteiger partial charge in [0.15, 0.2) is 0 Å². The smallest absolute Gasteiger partial charge is 0.271 e. The summed E-state index contributed by atoms with van der Waals surface area (Å²) in [6.45, 7) is 1.75. The number of amides is 1. The van der Waals surface area contributed by atoms with Crippen LogP contribution in [0.4, 0.5) is 0 Å². The number of carbonyl (C=O) groups is 1. The number of hydrogen-bond acceptors (Lipinski definition) is 5. The standard InChI is InChI=1S/C11H17N7O/c12-3-5-18-6-9(15-8-18)11(19)13-4-1-2-10-14-7-16-17-10/h6-8H,1-5,12H2,(H,13,19)(H,14,16,17). The highest BCUT2D eigenvalue weighted by Crippen LogP contribution is 1.97. The summed E-state index contributed by atoms with van der Waals surface area (Å²) in [5.41, 5.74) is 5.84. The van der Waals surface area contributed by atoms with Crippen molar-refractivity contribution in [3.8, 4) is 0 Å². The maximum atomic E-state index is 11.8. The zero-order chi connectivity index (χ0) is 13.5. The fourth-order valence-electron chi connectivity index (χ4n) is 1.65. The molecule has 0 bridgehead atoms. The lowest BCUT2D eigenvalue weighted by Crippen LogP contribution is -2.25. The Bertz CT molecular complexity index is 505. The van der Waals surface area contributed by atoms with Crippen LogP contribution in [0.3, 0.4) is 0 Å². The molecule has 0 saturated heterocycles. The molecule has 0 aliphatic heterocycles. The first kappa shape index (κ1) is 13.2. The van der Waals surface area contributed by atoms with Gasteiger partial charge in [0.1, 0.15) is 17.8 Å². The Balaban J connectivity index is 1.71. The summed E-state index contributed by atoms with van der Waals surface area (Å²) in [4.78, 5) is 19.8. The van der Waals surface area contributed by atoms with E-state index in [1.54, 1.807) is 17.1 Å². The van der Waals surface area contributed by atoms with Crippen molar-refractivity contribution in [3.63, 3.8) is 0 Å². The predicted molar refractivity (Wildman–Crippen MR) is 68.3 cm³/mol. The van der Waals surface area contributed by atoms with E-state index in [1.165, 1.54) is 6.33 Å². The molecule has 0 aliphatic carbocycles. The minimum Gasteiger partial charge on any atom is -0.351 e. The lowest BCUT2D eigenvalue weighted by Gasteiger charge is -2.01. The van der Waals surface area contributed by atoms with Crippen LogP contribution in [-0.4, -0.2) is 43.7 Å². The van der Waals surface area contributed by atoms with E-state index in [0.717, 1.165) is 18.7 Å². The number of imidazole rings is 1. The molecule has 4 N–H and O–H groups in total. The number of nitrogens with zero attached hydrogens (tertiary/aromatic N) is 4. The first-order valence-corrected chi connectivity index (χ1v) is 6.14. The lowest BCUT2D eigenvalue weighted by molar-refractivity contribution is 0.0948. The molecule has 0 aromatic carbocycles. The monoisotopic (exact) mass is 263 g/mol. The minimum atomic E-state index is -0.173. The molecule has 0 saturated carbocycles. The molecule has 8 heteroatoms. The topological polar surface area (TPSA) is 115 Å². The molecule has 0 fully saturated rings. The van der Waals surface area contributed by atoms with Crippen LogP contribution in [0.5, 0.6) is 0 Å². The first-order valence-electron chi connectivity index (χ1n) is 6.14. The zero-order valence-electron chi connectivity index (χ0n) is 10.5. The van der Waals surface area contributed by atoms with Gasteiger partial charge in [0.05, 0.1) is 6.33 Å². The van der Waals surface area contributed by atoms with E-state index in [4.69, 9.17) is 5.73 Å². The molecule has 0 aliphatic rings. The minimum absolute atomic E-state index is 0.173. The molecule has 8 nitrogen and oxygen atoms in total. The largest absolute Gasteiger partial charge is 0.351 e. The van der Waals surface area contributed by atoms with E-state index in [2.05, 4.69) is 25.5 Å². The molecule has 0 spiro atoms. The van der Waals surface area contributed by atoms with E-state index < -0.39 is 0 Å². The van der Waals surface area contributed by atoms with Gasteiger partial charge in [0.2, 0.25) is 0 Å². The molecule has 0 atom stereocenters. The van der Waals surface area contributed by atoms with Crippen molar-refractivity contribution in [2.75, 3.05) is 13.1 Å². The van der Waals surface area contributed by atoms with Gasteiger partial charge >= 0.3 is 0 Å². The zero-order valence-corrected chi connectivity index (χ0v) is 10.5. The third kappa shape index (κ3) is 3.88.